The second-order valence-corrected chi connectivity index (χ2v) is 3.39. The van der Waals surface area contributed by atoms with Crippen LogP contribution in [0.3, 0.4) is 0 Å². The van der Waals surface area contributed by atoms with Gasteiger partial charge in [0.05, 0.1) is 12.2 Å². The first-order valence-electron chi connectivity index (χ1n) is 4.31. The zero-order chi connectivity index (χ0) is 11.3. The van der Waals surface area contributed by atoms with E-state index in [0.717, 1.165) is 5.56 Å². The lowest BCUT2D eigenvalue weighted by Crippen LogP contribution is -2.28. The van der Waals surface area contributed by atoms with Gasteiger partial charge in [0.1, 0.15) is 6.29 Å². The summed E-state index contributed by atoms with van der Waals surface area (Å²) < 4.78 is 0. The highest BCUT2D eigenvalue weighted by atomic mass is 35.5. The summed E-state index contributed by atoms with van der Waals surface area (Å²) in [6.07, 6.45) is 2.20. The Morgan fingerprint density at radius 2 is 2.00 bits per heavy atom. The van der Waals surface area contributed by atoms with E-state index < -0.39 is 0 Å². The number of rotatable bonds is 4. The number of nitrogens with zero attached hydrogens (tertiary/aromatic N) is 1. The fourth-order valence-electron chi connectivity index (χ4n) is 1.03. The molecule has 0 fully saturated rings. The van der Waals surface area contributed by atoms with Crippen LogP contribution in [-0.2, 0) is 4.79 Å². The first-order valence-corrected chi connectivity index (χ1v) is 4.69. The number of carbonyl (C=O) groups excluding carboxylic acids is 1. The van der Waals surface area contributed by atoms with Crippen molar-refractivity contribution in [1.82, 2.24) is 5.01 Å². The van der Waals surface area contributed by atoms with E-state index in [4.69, 9.17) is 23.2 Å². The number of hydrazine groups is 1. The van der Waals surface area contributed by atoms with Crippen molar-refractivity contribution < 1.29 is 4.79 Å². The van der Waals surface area contributed by atoms with Crippen LogP contribution >= 0.6 is 11.6 Å². The number of hydrogen-bond acceptors (Lipinski definition) is 4. The molecule has 0 amide bonds. The minimum Gasteiger partial charge on any atom is -0.397 e. The van der Waals surface area contributed by atoms with E-state index >= 15 is 0 Å². The Bertz CT molecular complexity index is 361. The lowest BCUT2D eigenvalue weighted by Gasteiger charge is -2.11. The summed E-state index contributed by atoms with van der Waals surface area (Å²) in [4.78, 5) is 10.2. The molecule has 0 aliphatic carbocycles. The molecule has 0 spiro atoms. The maximum Gasteiger partial charge on any atom is 0.140 e. The van der Waals surface area contributed by atoms with E-state index in [1.54, 1.807) is 24.3 Å². The third-order valence-electron chi connectivity index (χ3n) is 1.77. The van der Waals surface area contributed by atoms with Crippen molar-refractivity contribution in [2.24, 2.45) is 11.6 Å². The molecule has 0 saturated carbocycles. The minimum absolute atomic E-state index is 0.105. The van der Waals surface area contributed by atoms with Gasteiger partial charge in [-0.2, -0.15) is 0 Å². The molecule has 4 nitrogen and oxygen atoms in total. The molecule has 4 N–H and O–H groups in total. The fourth-order valence-corrected chi connectivity index (χ4v) is 1.16. The van der Waals surface area contributed by atoms with E-state index in [2.05, 4.69) is 0 Å². The molecule has 0 saturated heterocycles. The van der Waals surface area contributed by atoms with Crippen LogP contribution in [-0.4, -0.2) is 17.8 Å². The maximum absolute atomic E-state index is 10.2. The minimum atomic E-state index is 0.105. The zero-order valence-electron chi connectivity index (χ0n) is 8.06. The second kappa shape index (κ2) is 5.38. The van der Waals surface area contributed by atoms with Gasteiger partial charge >= 0.3 is 0 Å². The van der Waals surface area contributed by atoms with Gasteiger partial charge in [0, 0.05) is 11.2 Å². The van der Waals surface area contributed by atoms with Crippen LogP contribution in [0, 0.1) is 0 Å². The fraction of sp³-hybridized carbons (Fsp3) is 0.100. The van der Waals surface area contributed by atoms with Gasteiger partial charge in [0.2, 0.25) is 0 Å². The average molecular weight is 226 g/mol. The van der Waals surface area contributed by atoms with Crippen LogP contribution in [0.15, 0.2) is 30.5 Å². The SMILES string of the molecule is N/C(=C\N(N)CC=O)c1ccc(Cl)cc1. The van der Waals surface area contributed by atoms with Crippen molar-refractivity contribution in [1.29, 1.82) is 0 Å². The predicted molar refractivity (Wildman–Crippen MR) is 60.6 cm³/mol. The Balaban J connectivity index is 2.79. The summed E-state index contributed by atoms with van der Waals surface area (Å²) in [6, 6.07) is 7.03. The normalized spacial score (nSPS) is 11.2. The molecule has 0 aliphatic rings. The van der Waals surface area contributed by atoms with Crippen LogP contribution < -0.4 is 11.6 Å². The molecule has 0 radical (unpaired) electrons. The molecule has 15 heavy (non-hydrogen) atoms. The summed E-state index contributed by atoms with van der Waals surface area (Å²) in [6.45, 7) is 0.105. The number of benzene rings is 1. The molecule has 80 valence electrons. The largest absolute Gasteiger partial charge is 0.397 e. The number of carbonyl (C=O) groups is 1. The van der Waals surface area contributed by atoms with Crippen molar-refractivity contribution in [3.63, 3.8) is 0 Å². The number of hydrogen-bond donors (Lipinski definition) is 2. The summed E-state index contributed by atoms with van der Waals surface area (Å²) in [5.41, 5.74) is 7.05. The van der Waals surface area contributed by atoms with Gasteiger partial charge in [-0.1, -0.05) is 23.7 Å². The molecular weight excluding hydrogens is 214 g/mol. The average Bonchev–Trinajstić information content (AvgIpc) is 2.18. The van der Waals surface area contributed by atoms with Gasteiger partial charge in [-0.15, -0.1) is 0 Å². The quantitative estimate of drug-likeness (QED) is 0.455. The van der Waals surface area contributed by atoms with Crippen LogP contribution in [0.5, 0.6) is 0 Å². The Hall–Kier alpha value is -1.52. The lowest BCUT2D eigenvalue weighted by atomic mass is 10.2. The van der Waals surface area contributed by atoms with E-state index in [1.165, 1.54) is 11.2 Å². The van der Waals surface area contributed by atoms with Crippen LogP contribution in [0.1, 0.15) is 5.56 Å². The van der Waals surface area contributed by atoms with Gasteiger partial charge in [-0.25, -0.2) is 5.84 Å². The molecular formula is C10H12ClN3O. The zero-order valence-corrected chi connectivity index (χ0v) is 8.82. The standard InChI is InChI=1S/C10H12ClN3O/c11-9-3-1-8(2-4-9)10(12)7-14(13)5-6-15/h1-4,6-7H,5,12-13H2/b10-7-. The highest BCUT2D eigenvalue weighted by molar-refractivity contribution is 6.30. The molecule has 0 bridgehead atoms. The van der Waals surface area contributed by atoms with Gasteiger partial charge < -0.3 is 15.5 Å². The van der Waals surface area contributed by atoms with Crippen molar-refractivity contribution in [2.45, 2.75) is 0 Å². The lowest BCUT2D eigenvalue weighted by molar-refractivity contribution is -0.108. The summed E-state index contributed by atoms with van der Waals surface area (Å²) >= 11 is 5.73. The van der Waals surface area contributed by atoms with Crippen LogP contribution in [0.4, 0.5) is 0 Å². The van der Waals surface area contributed by atoms with E-state index in [0.29, 0.717) is 17.0 Å². The van der Waals surface area contributed by atoms with Crippen molar-refractivity contribution in [2.75, 3.05) is 6.54 Å². The summed E-state index contributed by atoms with van der Waals surface area (Å²) in [5, 5.41) is 1.86. The van der Waals surface area contributed by atoms with Gasteiger partial charge in [-0.05, 0) is 17.7 Å². The van der Waals surface area contributed by atoms with E-state index in [-0.39, 0.29) is 6.54 Å². The Labute approximate surface area is 93.1 Å². The Morgan fingerprint density at radius 3 is 2.53 bits per heavy atom. The molecule has 0 aliphatic heterocycles. The topological polar surface area (TPSA) is 72.3 Å². The molecule has 5 heteroatoms. The number of halogens is 1. The Morgan fingerprint density at radius 1 is 1.40 bits per heavy atom. The molecule has 0 unspecified atom stereocenters. The Kier molecular flexibility index (Phi) is 4.15. The third-order valence-corrected chi connectivity index (χ3v) is 2.02. The number of nitrogens with two attached hydrogens (primary N) is 2. The first kappa shape index (κ1) is 11.6. The monoisotopic (exact) mass is 225 g/mol. The maximum atomic E-state index is 10.2. The van der Waals surface area contributed by atoms with Crippen LogP contribution in [0.25, 0.3) is 5.70 Å². The number of aldehydes is 1. The van der Waals surface area contributed by atoms with Crippen molar-refractivity contribution >= 4 is 23.6 Å². The van der Waals surface area contributed by atoms with Gasteiger partial charge in [0.25, 0.3) is 0 Å². The molecule has 0 atom stereocenters. The third kappa shape index (κ3) is 3.61. The van der Waals surface area contributed by atoms with E-state index in [1.807, 2.05) is 0 Å². The van der Waals surface area contributed by atoms with Gasteiger partial charge in [-0.3, -0.25) is 0 Å². The first-order chi connectivity index (χ1) is 7.13. The highest BCUT2D eigenvalue weighted by Gasteiger charge is 1.98. The highest BCUT2D eigenvalue weighted by Crippen LogP contribution is 2.13. The van der Waals surface area contributed by atoms with Gasteiger partial charge in [0.15, 0.2) is 0 Å². The van der Waals surface area contributed by atoms with Crippen LogP contribution in [0.2, 0.25) is 5.02 Å². The second-order valence-electron chi connectivity index (χ2n) is 2.95. The molecule has 1 aromatic rings. The molecule has 0 aromatic heterocycles. The smallest absolute Gasteiger partial charge is 0.140 e. The molecule has 0 heterocycles. The molecule has 1 rings (SSSR count). The summed E-state index contributed by atoms with van der Waals surface area (Å²) in [5.74, 6) is 5.47. The molecule has 1 aromatic carbocycles. The van der Waals surface area contributed by atoms with E-state index in [9.17, 15) is 4.79 Å². The van der Waals surface area contributed by atoms with Crippen molar-refractivity contribution in [3.05, 3.63) is 41.1 Å². The summed E-state index contributed by atoms with van der Waals surface area (Å²) in [7, 11) is 0. The van der Waals surface area contributed by atoms with Crippen molar-refractivity contribution in [3.8, 4) is 0 Å². The predicted octanol–water partition coefficient (Wildman–Crippen LogP) is 0.972.